The summed E-state index contributed by atoms with van der Waals surface area (Å²) in [6.45, 7) is 0. The zero-order chi connectivity index (χ0) is 7.28. The zero-order valence-electron chi connectivity index (χ0n) is 5.34. The summed E-state index contributed by atoms with van der Waals surface area (Å²) in [4.78, 5) is 20.5. The van der Waals surface area contributed by atoms with Gasteiger partial charge in [-0.2, -0.15) is 0 Å². The van der Waals surface area contributed by atoms with E-state index in [2.05, 4.69) is 9.47 Å². The van der Waals surface area contributed by atoms with Crippen molar-refractivity contribution in [2.24, 2.45) is 0 Å². The van der Waals surface area contributed by atoms with Gasteiger partial charge in [0.15, 0.2) is 0 Å². The van der Waals surface area contributed by atoms with Gasteiger partial charge in [-0.1, -0.05) is 29.7 Å². The number of carbonyl (C=O) groups is 2. The van der Waals surface area contributed by atoms with Crippen LogP contribution >= 0.6 is 0 Å². The van der Waals surface area contributed by atoms with Gasteiger partial charge in [-0.15, -0.1) is 0 Å². The third kappa shape index (κ3) is 18.2. The third-order valence-corrected chi connectivity index (χ3v) is 0.744. The van der Waals surface area contributed by atoms with Gasteiger partial charge in [0.25, 0.3) is 0 Å². The Kier molecular flexibility index (Phi) is 39.1. The second kappa shape index (κ2) is 17.1. The van der Waals surface area contributed by atoms with Crippen LogP contribution in [0.15, 0.2) is 0 Å². The third-order valence-electron chi connectivity index (χ3n) is 0.744. The lowest BCUT2D eigenvalue weighted by atomic mass is 10.4. The predicted octanol–water partition coefficient (Wildman–Crippen LogP) is 2.27. The molecule has 0 atom stereocenters. The van der Waals surface area contributed by atoms with Gasteiger partial charge in [0.1, 0.15) is 6.42 Å². The number of hydrogen-bond acceptors (Lipinski definition) is 4. The van der Waals surface area contributed by atoms with E-state index in [0.29, 0.717) is 0 Å². The minimum Gasteiger partial charge on any atom is -0.469 e. The Bertz CT molecular complexity index is 107. The molecule has 13 heavy (non-hydrogen) atoms. The minimum atomic E-state index is -0.582. The van der Waals surface area contributed by atoms with Crippen molar-refractivity contribution >= 4 is 11.9 Å². The molecule has 0 aliphatic heterocycles. The van der Waals surface area contributed by atoms with Gasteiger partial charge in [-0.3, -0.25) is 9.59 Å². The average Bonchev–Trinajstić information content (AvgIpc) is 1.87. The summed E-state index contributed by atoms with van der Waals surface area (Å²) in [5, 5.41) is 0. The number of carbonyl (C=O) groups excluding carboxylic acids is 2. The normalized spacial score (nSPS) is 5.69. The summed E-state index contributed by atoms with van der Waals surface area (Å²) >= 11 is 0. The van der Waals surface area contributed by atoms with E-state index < -0.39 is 11.9 Å². The molecule has 0 aromatic carbocycles. The molecular formula is C9H24O4. The first-order valence-electron chi connectivity index (χ1n) is 2.34. The Hall–Kier alpha value is -1.06. The molecule has 0 rings (SSSR count). The molecule has 0 saturated heterocycles. The summed E-state index contributed by atoms with van der Waals surface area (Å²) in [5.41, 5.74) is 0. The van der Waals surface area contributed by atoms with Crippen molar-refractivity contribution < 1.29 is 19.1 Å². The van der Waals surface area contributed by atoms with Gasteiger partial charge in [-0.05, 0) is 0 Å². The van der Waals surface area contributed by atoms with Crippen LogP contribution in [0.5, 0.6) is 0 Å². The van der Waals surface area contributed by atoms with Crippen molar-refractivity contribution in [1.29, 1.82) is 0 Å². The highest BCUT2D eigenvalue weighted by Crippen LogP contribution is 1.85. The molecule has 0 spiro atoms. The first kappa shape index (κ1) is 29.7. The Labute approximate surface area is 82.2 Å². The van der Waals surface area contributed by atoms with Gasteiger partial charge in [0.2, 0.25) is 0 Å². The van der Waals surface area contributed by atoms with Crippen molar-refractivity contribution in [2.45, 2.75) is 36.1 Å². The maximum Gasteiger partial charge on any atom is 0.316 e. The fourth-order valence-corrected chi connectivity index (χ4v) is 0.262. The zero-order valence-corrected chi connectivity index (χ0v) is 5.34. The van der Waals surface area contributed by atoms with Gasteiger partial charge >= 0.3 is 11.9 Å². The molecular weight excluding hydrogens is 172 g/mol. The highest BCUT2D eigenvalue weighted by atomic mass is 16.5. The number of ether oxygens (including phenoxy) is 2. The second-order valence-electron chi connectivity index (χ2n) is 1.33. The Morgan fingerprint density at radius 1 is 0.846 bits per heavy atom. The number of rotatable bonds is 2. The van der Waals surface area contributed by atoms with Crippen LogP contribution in [-0.2, 0) is 19.1 Å². The van der Waals surface area contributed by atoms with Crippen molar-refractivity contribution in [3.8, 4) is 0 Å². The van der Waals surface area contributed by atoms with Crippen LogP contribution in [0.25, 0.3) is 0 Å². The fraction of sp³-hybridized carbons (Fsp3) is 0.778. The Morgan fingerprint density at radius 2 is 1.08 bits per heavy atom. The quantitative estimate of drug-likeness (QED) is 0.502. The Morgan fingerprint density at radius 3 is 1.23 bits per heavy atom. The van der Waals surface area contributed by atoms with Crippen LogP contribution < -0.4 is 0 Å². The molecule has 0 unspecified atom stereocenters. The first-order valence-corrected chi connectivity index (χ1v) is 2.34. The molecule has 0 aliphatic rings. The molecule has 0 heterocycles. The van der Waals surface area contributed by atoms with E-state index in [9.17, 15) is 9.59 Å². The molecule has 0 N–H and O–H groups in total. The van der Waals surface area contributed by atoms with Crippen LogP contribution in [0.4, 0.5) is 0 Å². The molecule has 4 nitrogen and oxygen atoms in total. The summed E-state index contributed by atoms with van der Waals surface area (Å²) < 4.78 is 8.37. The molecule has 0 aromatic rings. The fourth-order valence-electron chi connectivity index (χ4n) is 0.262. The van der Waals surface area contributed by atoms with Crippen molar-refractivity contribution in [3.63, 3.8) is 0 Å². The highest BCUT2D eigenvalue weighted by Gasteiger charge is 2.07. The summed E-state index contributed by atoms with van der Waals surface area (Å²) in [6.07, 6.45) is -0.312. The topological polar surface area (TPSA) is 52.6 Å². The molecule has 0 amide bonds. The van der Waals surface area contributed by atoms with E-state index in [1.807, 2.05) is 0 Å². The van der Waals surface area contributed by atoms with E-state index in [4.69, 9.17) is 0 Å². The molecule has 0 aliphatic carbocycles. The van der Waals surface area contributed by atoms with Crippen molar-refractivity contribution in [1.82, 2.24) is 0 Å². The molecule has 0 fully saturated rings. The summed E-state index contributed by atoms with van der Waals surface area (Å²) in [6, 6.07) is 0. The SMILES string of the molecule is C.C.C.C.COC(=O)CC(=O)OC. The van der Waals surface area contributed by atoms with Crippen molar-refractivity contribution in [2.75, 3.05) is 14.2 Å². The largest absolute Gasteiger partial charge is 0.469 e. The van der Waals surface area contributed by atoms with Crippen LogP contribution in [0.1, 0.15) is 36.1 Å². The summed E-state index contributed by atoms with van der Waals surface area (Å²) in [5.74, 6) is -1.16. The molecule has 0 bridgehead atoms. The first-order chi connectivity index (χ1) is 4.20. The van der Waals surface area contributed by atoms with Gasteiger partial charge in [-0.25, -0.2) is 0 Å². The maximum atomic E-state index is 10.3. The van der Waals surface area contributed by atoms with Gasteiger partial charge < -0.3 is 9.47 Å². The number of esters is 2. The second-order valence-corrected chi connectivity index (χ2v) is 1.33. The molecule has 0 aromatic heterocycles. The highest BCUT2D eigenvalue weighted by molar-refractivity contribution is 5.90. The molecule has 0 saturated carbocycles. The van der Waals surface area contributed by atoms with Crippen molar-refractivity contribution in [3.05, 3.63) is 0 Å². The Balaban J connectivity index is -0.0000000533. The maximum absolute atomic E-state index is 10.3. The predicted molar refractivity (Wildman–Crippen MR) is 55.6 cm³/mol. The monoisotopic (exact) mass is 196 g/mol. The van der Waals surface area contributed by atoms with E-state index in [0.717, 1.165) is 0 Å². The lowest BCUT2D eigenvalue weighted by molar-refractivity contribution is -0.151. The van der Waals surface area contributed by atoms with E-state index >= 15 is 0 Å². The molecule has 84 valence electrons. The summed E-state index contributed by atoms with van der Waals surface area (Å²) in [7, 11) is 2.43. The van der Waals surface area contributed by atoms with Crippen LogP contribution in [0.3, 0.4) is 0 Å². The van der Waals surface area contributed by atoms with Crippen LogP contribution in [-0.4, -0.2) is 26.2 Å². The van der Waals surface area contributed by atoms with E-state index in [-0.39, 0.29) is 36.1 Å². The smallest absolute Gasteiger partial charge is 0.316 e. The van der Waals surface area contributed by atoms with Crippen LogP contribution in [0.2, 0.25) is 0 Å². The lowest BCUT2D eigenvalue weighted by Gasteiger charge is -1.95. The minimum absolute atomic E-state index is 0. The van der Waals surface area contributed by atoms with Gasteiger partial charge in [0.05, 0.1) is 14.2 Å². The number of hydrogen-bond donors (Lipinski definition) is 0. The van der Waals surface area contributed by atoms with E-state index in [1.165, 1.54) is 14.2 Å². The standard InChI is InChI=1S/C5H8O4.4CH4/c1-8-4(6)3-5(7)9-2;;;;/h3H2,1-2H3;4*1H4. The molecule has 4 heteroatoms. The van der Waals surface area contributed by atoms with E-state index in [1.54, 1.807) is 0 Å². The molecule has 0 radical (unpaired) electrons. The lowest BCUT2D eigenvalue weighted by Crippen LogP contribution is -2.09. The van der Waals surface area contributed by atoms with Crippen LogP contribution in [0, 0.1) is 0 Å². The number of methoxy groups -OCH3 is 2. The van der Waals surface area contributed by atoms with Gasteiger partial charge in [0, 0.05) is 0 Å². The average molecular weight is 196 g/mol.